The van der Waals surface area contributed by atoms with Gasteiger partial charge in [0.25, 0.3) is 0 Å². The number of methoxy groups -OCH3 is 1. The van der Waals surface area contributed by atoms with Crippen molar-refractivity contribution in [2.75, 3.05) is 7.11 Å². The number of benzene rings is 2. The van der Waals surface area contributed by atoms with Gasteiger partial charge in [0.2, 0.25) is 0 Å². The molecule has 0 N–H and O–H groups in total. The summed E-state index contributed by atoms with van der Waals surface area (Å²) >= 11 is 1.56. The molecule has 7 nitrogen and oxygen atoms in total. The van der Waals surface area contributed by atoms with Crippen molar-refractivity contribution in [3.05, 3.63) is 59.1 Å². The van der Waals surface area contributed by atoms with E-state index in [-0.39, 0.29) is 41.6 Å². The predicted molar refractivity (Wildman–Crippen MR) is 128 cm³/mol. The number of hydrogen-bond donors (Lipinski definition) is 0. The van der Waals surface area contributed by atoms with Gasteiger partial charge < -0.3 is 28.5 Å². The van der Waals surface area contributed by atoms with Crippen LogP contribution in [0.15, 0.2) is 52.3 Å². The number of carboxylic acid groups (broad SMARTS) is 1. The Bertz CT molecular complexity index is 1320. The summed E-state index contributed by atoms with van der Waals surface area (Å²) in [7, 11) is 1.49. The van der Waals surface area contributed by atoms with E-state index >= 15 is 0 Å². The Kier molecular flexibility index (Phi) is 8.54. The second-order valence-electron chi connectivity index (χ2n) is 8.91. The number of carboxylic acids is 1. The van der Waals surface area contributed by atoms with Gasteiger partial charge in [0.1, 0.15) is 24.0 Å². The standard InChI is InChI=1S/C26H27NO6S.Na/c1-15(25(28)29)32-23-16(7-6-8-20(23)30-5)13-31-18-9-10-19-17(11-18)12-21(33-19)24-27-22(14-34-24)26(2,3)4;/h6-12,14-15H,13H2,1-5H3,(H,28,29);/q;+1/p-1/t15-;/m0./s1. The van der Waals surface area contributed by atoms with Crippen molar-refractivity contribution in [2.24, 2.45) is 0 Å². The summed E-state index contributed by atoms with van der Waals surface area (Å²) in [5, 5.41) is 14.9. The van der Waals surface area contributed by atoms with Crippen LogP contribution >= 0.6 is 11.3 Å². The Morgan fingerprint density at radius 2 is 1.97 bits per heavy atom. The Morgan fingerprint density at radius 3 is 2.63 bits per heavy atom. The first-order valence-electron chi connectivity index (χ1n) is 10.8. The van der Waals surface area contributed by atoms with Crippen molar-refractivity contribution >= 4 is 28.3 Å². The Hall–Kier alpha value is -2.52. The second-order valence-corrected chi connectivity index (χ2v) is 9.77. The molecular formula is C26H26NNaO6S. The van der Waals surface area contributed by atoms with Crippen molar-refractivity contribution in [2.45, 2.75) is 45.8 Å². The zero-order chi connectivity index (χ0) is 24.5. The molecule has 9 heteroatoms. The van der Waals surface area contributed by atoms with Gasteiger partial charge in [0.05, 0.1) is 18.8 Å². The van der Waals surface area contributed by atoms with E-state index < -0.39 is 12.1 Å². The van der Waals surface area contributed by atoms with E-state index in [0.29, 0.717) is 28.6 Å². The SMILES string of the molecule is COc1cccc(COc2ccc3oc(-c4nc(C(C)(C)C)cs4)cc3c2)c1O[C@@H](C)C(=O)[O-].[Na+]. The number of para-hydroxylation sites is 1. The van der Waals surface area contributed by atoms with Crippen LogP contribution in [-0.2, 0) is 16.8 Å². The second kappa shape index (κ2) is 11.0. The molecule has 0 bridgehead atoms. The van der Waals surface area contributed by atoms with E-state index in [1.54, 1.807) is 29.5 Å². The summed E-state index contributed by atoms with van der Waals surface area (Å²) in [6.07, 6.45) is -1.14. The normalized spacial score (nSPS) is 12.1. The van der Waals surface area contributed by atoms with Gasteiger partial charge in [-0.25, -0.2) is 4.98 Å². The van der Waals surface area contributed by atoms with Crippen molar-refractivity contribution in [1.29, 1.82) is 0 Å². The Labute approximate surface area is 230 Å². The van der Waals surface area contributed by atoms with Gasteiger partial charge in [-0.2, -0.15) is 0 Å². The van der Waals surface area contributed by atoms with E-state index in [1.807, 2.05) is 24.3 Å². The molecule has 4 rings (SSSR count). The van der Waals surface area contributed by atoms with Crippen LogP contribution in [0.25, 0.3) is 21.7 Å². The minimum atomic E-state index is -1.31. The van der Waals surface area contributed by atoms with E-state index in [0.717, 1.165) is 21.7 Å². The molecule has 0 amide bonds. The quantitative estimate of drug-likeness (QED) is 0.340. The van der Waals surface area contributed by atoms with E-state index in [9.17, 15) is 9.90 Å². The number of rotatable bonds is 8. The van der Waals surface area contributed by atoms with E-state index in [2.05, 4.69) is 26.2 Å². The fourth-order valence-electron chi connectivity index (χ4n) is 3.30. The molecular weight excluding hydrogens is 477 g/mol. The molecule has 0 radical (unpaired) electrons. The molecule has 0 unspecified atom stereocenters. The Balaban J connectivity index is 0.00000342. The van der Waals surface area contributed by atoms with Crippen LogP contribution in [-0.4, -0.2) is 24.2 Å². The molecule has 0 spiro atoms. The Morgan fingerprint density at radius 1 is 1.20 bits per heavy atom. The largest absolute Gasteiger partial charge is 1.00 e. The van der Waals surface area contributed by atoms with Crippen LogP contribution in [0.2, 0.25) is 0 Å². The van der Waals surface area contributed by atoms with Gasteiger partial charge in [-0.1, -0.05) is 32.9 Å². The maximum absolute atomic E-state index is 11.2. The summed E-state index contributed by atoms with van der Waals surface area (Å²) in [6, 6.07) is 12.8. The molecule has 178 valence electrons. The molecule has 35 heavy (non-hydrogen) atoms. The maximum atomic E-state index is 11.2. The minimum Gasteiger partial charge on any atom is -0.546 e. The van der Waals surface area contributed by atoms with Gasteiger partial charge in [0.15, 0.2) is 22.3 Å². The number of ether oxygens (including phenoxy) is 3. The van der Waals surface area contributed by atoms with Gasteiger partial charge in [0, 0.05) is 21.7 Å². The number of furan rings is 1. The van der Waals surface area contributed by atoms with Crippen LogP contribution in [0.3, 0.4) is 0 Å². The summed E-state index contributed by atoms with van der Waals surface area (Å²) in [6.45, 7) is 7.96. The van der Waals surface area contributed by atoms with Crippen molar-refractivity contribution in [3.63, 3.8) is 0 Å². The van der Waals surface area contributed by atoms with Crippen LogP contribution in [0.5, 0.6) is 17.2 Å². The van der Waals surface area contributed by atoms with Crippen LogP contribution in [0, 0.1) is 0 Å². The molecule has 0 fully saturated rings. The first-order valence-corrected chi connectivity index (χ1v) is 11.7. The van der Waals surface area contributed by atoms with E-state index in [4.69, 9.17) is 23.6 Å². The molecule has 1 atom stereocenters. The molecule has 2 aromatic carbocycles. The van der Waals surface area contributed by atoms with Crippen molar-refractivity contribution in [1.82, 2.24) is 4.98 Å². The first-order chi connectivity index (χ1) is 16.2. The summed E-state index contributed by atoms with van der Waals surface area (Å²) < 4.78 is 22.9. The molecule has 2 heterocycles. The third-order valence-corrected chi connectivity index (χ3v) is 6.13. The van der Waals surface area contributed by atoms with E-state index in [1.165, 1.54) is 14.0 Å². The molecule has 0 aliphatic heterocycles. The average Bonchev–Trinajstić information content (AvgIpc) is 3.45. The monoisotopic (exact) mass is 503 g/mol. The smallest absolute Gasteiger partial charge is 0.546 e. The molecule has 0 saturated heterocycles. The third kappa shape index (κ3) is 6.19. The molecule has 0 saturated carbocycles. The molecule has 2 aromatic heterocycles. The van der Waals surface area contributed by atoms with Crippen molar-refractivity contribution < 1.29 is 58.1 Å². The van der Waals surface area contributed by atoms with Crippen molar-refractivity contribution in [3.8, 4) is 28.0 Å². The van der Waals surface area contributed by atoms with Crippen LogP contribution in [0.1, 0.15) is 39.0 Å². The van der Waals surface area contributed by atoms with Gasteiger partial charge in [-0.05, 0) is 37.3 Å². The number of hydrogen-bond acceptors (Lipinski definition) is 8. The predicted octanol–water partition coefficient (Wildman–Crippen LogP) is 1.96. The average molecular weight is 504 g/mol. The summed E-state index contributed by atoms with van der Waals surface area (Å²) in [5.41, 5.74) is 2.39. The number of thiazole rings is 1. The number of nitrogens with zero attached hydrogens (tertiary/aromatic N) is 1. The van der Waals surface area contributed by atoms with Gasteiger partial charge in [-0.15, -0.1) is 11.3 Å². The number of aliphatic carboxylic acids is 1. The molecule has 0 aliphatic rings. The topological polar surface area (TPSA) is 93.8 Å². The first kappa shape index (κ1) is 27.1. The molecule has 4 aromatic rings. The maximum Gasteiger partial charge on any atom is 1.00 e. The summed E-state index contributed by atoms with van der Waals surface area (Å²) in [5.74, 6) is 0.770. The number of fused-ring (bicyclic) bond motifs is 1. The fourth-order valence-corrected chi connectivity index (χ4v) is 4.30. The molecule has 0 aliphatic carbocycles. The zero-order valence-electron chi connectivity index (χ0n) is 20.7. The number of carbonyl (C=O) groups excluding carboxylic acids is 1. The number of carbonyl (C=O) groups is 1. The van der Waals surface area contributed by atoms with Gasteiger partial charge in [-0.3, -0.25) is 0 Å². The zero-order valence-corrected chi connectivity index (χ0v) is 23.5. The summed E-state index contributed by atoms with van der Waals surface area (Å²) in [4.78, 5) is 15.9. The third-order valence-electron chi connectivity index (χ3n) is 5.27. The number of aromatic nitrogens is 1. The van der Waals surface area contributed by atoms with Crippen LogP contribution < -0.4 is 48.9 Å². The fraction of sp³-hybridized carbons (Fsp3) is 0.308. The van der Waals surface area contributed by atoms with Crippen LogP contribution in [0.4, 0.5) is 0 Å². The van der Waals surface area contributed by atoms with Gasteiger partial charge >= 0.3 is 29.6 Å². The minimum absolute atomic E-state index is 0.